The zero-order valence-corrected chi connectivity index (χ0v) is 12.8. The van der Waals surface area contributed by atoms with Gasteiger partial charge in [-0.05, 0) is 33.6 Å². The molecule has 1 amide bonds. The largest absolute Gasteiger partial charge is 0.476 e. The Hall–Kier alpha value is -2.05. The zero-order chi connectivity index (χ0) is 15.8. The molecule has 1 aromatic rings. The summed E-state index contributed by atoms with van der Waals surface area (Å²) in [5.74, 6) is -0.491. The van der Waals surface area contributed by atoms with Crippen molar-refractivity contribution in [3.63, 3.8) is 0 Å². The van der Waals surface area contributed by atoms with Crippen LogP contribution in [0.15, 0.2) is 6.20 Å². The van der Waals surface area contributed by atoms with Gasteiger partial charge in [-0.1, -0.05) is 0 Å². The number of ether oxygens (including phenoxy) is 1. The molecule has 21 heavy (non-hydrogen) atoms. The van der Waals surface area contributed by atoms with Crippen LogP contribution in [0.3, 0.4) is 0 Å². The molecule has 1 unspecified atom stereocenters. The fourth-order valence-electron chi connectivity index (χ4n) is 2.47. The van der Waals surface area contributed by atoms with Crippen LogP contribution in [-0.2, 0) is 11.8 Å². The summed E-state index contributed by atoms with van der Waals surface area (Å²) in [7, 11) is 1.74. The molecular formula is C14H21N3O4. The molecule has 2 rings (SSSR count). The van der Waals surface area contributed by atoms with Gasteiger partial charge in [-0.3, -0.25) is 4.90 Å². The Balaban J connectivity index is 2.22. The predicted molar refractivity (Wildman–Crippen MR) is 75.1 cm³/mol. The molecule has 0 saturated carbocycles. The Labute approximate surface area is 123 Å². The molecule has 0 bridgehead atoms. The molecular weight excluding hydrogens is 274 g/mol. The maximum atomic E-state index is 12.2. The highest BCUT2D eigenvalue weighted by Gasteiger charge is 2.35. The van der Waals surface area contributed by atoms with Crippen molar-refractivity contribution in [3.05, 3.63) is 17.7 Å². The third kappa shape index (κ3) is 3.34. The number of hydrogen-bond donors (Lipinski definition) is 1. The van der Waals surface area contributed by atoms with Gasteiger partial charge in [0.1, 0.15) is 11.4 Å². The van der Waals surface area contributed by atoms with Crippen LogP contribution in [0.4, 0.5) is 4.79 Å². The Kier molecular flexibility index (Phi) is 3.93. The molecule has 0 aliphatic carbocycles. The van der Waals surface area contributed by atoms with Crippen LogP contribution in [0.1, 0.15) is 56.0 Å². The zero-order valence-electron chi connectivity index (χ0n) is 12.8. The van der Waals surface area contributed by atoms with Gasteiger partial charge >= 0.3 is 12.1 Å². The third-order valence-electron chi connectivity index (χ3n) is 3.31. The number of aromatic carboxylic acids is 1. The topological polar surface area (TPSA) is 84.7 Å². The third-order valence-corrected chi connectivity index (χ3v) is 3.31. The molecule has 1 saturated heterocycles. The van der Waals surface area contributed by atoms with Gasteiger partial charge in [0, 0.05) is 19.8 Å². The number of aryl methyl sites for hydroxylation is 1. The lowest BCUT2D eigenvalue weighted by Gasteiger charge is -2.28. The van der Waals surface area contributed by atoms with Gasteiger partial charge in [-0.15, -0.1) is 0 Å². The smallest absolute Gasteiger partial charge is 0.410 e. The first-order valence-corrected chi connectivity index (χ1v) is 6.95. The summed E-state index contributed by atoms with van der Waals surface area (Å²) in [5.41, 5.74) is -0.568. The average molecular weight is 295 g/mol. The number of nitrogens with zero attached hydrogens (tertiary/aromatic N) is 3. The quantitative estimate of drug-likeness (QED) is 0.904. The van der Waals surface area contributed by atoms with Gasteiger partial charge < -0.3 is 14.4 Å². The lowest BCUT2D eigenvalue weighted by Crippen LogP contribution is -2.37. The van der Waals surface area contributed by atoms with Crippen molar-refractivity contribution in [2.45, 2.75) is 45.3 Å². The van der Waals surface area contributed by atoms with Gasteiger partial charge in [0.05, 0.1) is 6.04 Å². The number of carbonyl (C=O) groups is 2. The van der Waals surface area contributed by atoms with E-state index in [1.54, 1.807) is 16.5 Å². The number of likely N-dealkylation sites (tertiary alicyclic amines) is 1. The van der Waals surface area contributed by atoms with Crippen LogP contribution in [0.5, 0.6) is 0 Å². The molecule has 0 aromatic carbocycles. The van der Waals surface area contributed by atoms with Crippen LogP contribution >= 0.6 is 0 Å². The van der Waals surface area contributed by atoms with Crippen molar-refractivity contribution in [1.29, 1.82) is 0 Å². The monoisotopic (exact) mass is 295 g/mol. The predicted octanol–water partition coefficient (Wildman–Crippen LogP) is 2.19. The van der Waals surface area contributed by atoms with Crippen molar-refractivity contribution in [2.75, 3.05) is 6.54 Å². The molecule has 7 heteroatoms. The van der Waals surface area contributed by atoms with Gasteiger partial charge in [-0.25, -0.2) is 14.6 Å². The minimum atomic E-state index is -1.07. The van der Waals surface area contributed by atoms with Crippen LogP contribution in [0.25, 0.3) is 0 Å². The molecule has 2 heterocycles. The van der Waals surface area contributed by atoms with E-state index in [4.69, 9.17) is 9.84 Å². The highest BCUT2D eigenvalue weighted by atomic mass is 16.6. The van der Waals surface area contributed by atoms with Crippen molar-refractivity contribution >= 4 is 12.1 Å². The normalized spacial score (nSPS) is 18.9. The van der Waals surface area contributed by atoms with E-state index in [-0.39, 0.29) is 17.8 Å². The first-order chi connectivity index (χ1) is 9.69. The first-order valence-electron chi connectivity index (χ1n) is 6.95. The second kappa shape index (κ2) is 5.38. The summed E-state index contributed by atoms with van der Waals surface area (Å²) in [5, 5.41) is 9.01. The molecule has 1 aliphatic rings. The van der Waals surface area contributed by atoms with Crippen LogP contribution in [-0.4, -0.2) is 43.8 Å². The van der Waals surface area contributed by atoms with Crippen molar-refractivity contribution < 1.29 is 19.4 Å². The van der Waals surface area contributed by atoms with Crippen LogP contribution < -0.4 is 0 Å². The second-order valence-corrected chi connectivity index (χ2v) is 6.23. The first kappa shape index (κ1) is 15.3. The number of carboxylic acid groups (broad SMARTS) is 1. The fourth-order valence-corrected chi connectivity index (χ4v) is 2.47. The minimum Gasteiger partial charge on any atom is -0.476 e. The molecule has 1 aliphatic heterocycles. The van der Waals surface area contributed by atoms with Gasteiger partial charge in [0.2, 0.25) is 0 Å². The van der Waals surface area contributed by atoms with E-state index in [2.05, 4.69) is 4.98 Å². The van der Waals surface area contributed by atoms with Crippen molar-refractivity contribution in [1.82, 2.24) is 14.5 Å². The number of rotatable bonds is 2. The number of carboxylic acids is 1. The summed E-state index contributed by atoms with van der Waals surface area (Å²) in [6, 6.07) is -0.238. The average Bonchev–Trinajstić information content (AvgIpc) is 2.92. The van der Waals surface area contributed by atoms with E-state index < -0.39 is 11.6 Å². The Morgan fingerprint density at radius 2 is 2.10 bits per heavy atom. The van der Waals surface area contributed by atoms with Crippen LogP contribution in [0, 0.1) is 0 Å². The molecule has 1 aromatic heterocycles. The second-order valence-electron chi connectivity index (χ2n) is 6.23. The lowest BCUT2D eigenvalue weighted by atomic mass is 10.2. The van der Waals surface area contributed by atoms with Gasteiger partial charge in [-0.2, -0.15) is 0 Å². The van der Waals surface area contributed by atoms with Gasteiger partial charge in [0.25, 0.3) is 0 Å². The highest BCUT2D eigenvalue weighted by molar-refractivity contribution is 5.85. The Morgan fingerprint density at radius 3 is 2.62 bits per heavy atom. The molecule has 116 valence electrons. The molecule has 1 atom stereocenters. The summed E-state index contributed by atoms with van der Waals surface area (Å²) in [6.45, 7) is 6.05. The molecule has 0 spiro atoms. The van der Waals surface area contributed by atoms with E-state index in [1.807, 2.05) is 20.8 Å². The van der Waals surface area contributed by atoms with Crippen molar-refractivity contribution in [2.24, 2.45) is 7.05 Å². The standard InChI is InChI=1S/C14H21N3O4/c1-14(2,3)21-13(20)17-7-5-6-10(17)11-15-9(12(18)19)8-16(11)4/h8,10H,5-7H2,1-4H3,(H,18,19). The number of hydrogen-bond acceptors (Lipinski definition) is 4. The molecule has 7 nitrogen and oxygen atoms in total. The fraction of sp³-hybridized carbons (Fsp3) is 0.643. The highest BCUT2D eigenvalue weighted by Crippen LogP contribution is 2.32. The molecule has 1 fully saturated rings. The molecule has 0 radical (unpaired) electrons. The van der Waals surface area contributed by atoms with E-state index in [1.165, 1.54) is 6.20 Å². The summed E-state index contributed by atoms with van der Waals surface area (Å²) in [6.07, 6.45) is 2.68. The SMILES string of the molecule is Cn1cc(C(=O)O)nc1C1CCCN1C(=O)OC(C)(C)C. The number of amides is 1. The van der Waals surface area contributed by atoms with E-state index in [0.29, 0.717) is 12.4 Å². The Morgan fingerprint density at radius 1 is 1.43 bits per heavy atom. The minimum absolute atomic E-state index is 0.0106. The summed E-state index contributed by atoms with van der Waals surface area (Å²) in [4.78, 5) is 29.0. The number of aromatic nitrogens is 2. The molecule has 1 N–H and O–H groups in total. The Bertz CT molecular complexity index is 559. The van der Waals surface area contributed by atoms with Gasteiger partial charge in [0.15, 0.2) is 5.69 Å². The van der Waals surface area contributed by atoms with E-state index in [9.17, 15) is 9.59 Å². The number of imidazole rings is 1. The number of carbonyl (C=O) groups excluding carboxylic acids is 1. The van der Waals surface area contributed by atoms with Crippen LogP contribution in [0.2, 0.25) is 0 Å². The van der Waals surface area contributed by atoms with E-state index in [0.717, 1.165) is 12.8 Å². The van der Waals surface area contributed by atoms with E-state index >= 15 is 0 Å². The maximum Gasteiger partial charge on any atom is 0.410 e. The van der Waals surface area contributed by atoms with Crippen molar-refractivity contribution in [3.8, 4) is 0 Å². The lowest BCUT2D eigenvalue weighted by molar-refractivity contribution is 0.0216. The summed E-state index contributed by atoms with van der Waals surface area (Å²) >= 11 is 0. The maximum absolute atomic E-state index is 12.2. The summed E-state index contributed by atoms with van der Waals surface area (Å²) < 4.78 is 7.06.